The van der Waals surface area contributed by atoms with Crippen LogP contribution in [0, 0.1) is 0 Å². The van der Waals surface area contributed by atoms with Crippen LogP contribution in [-0.2, 0) is 10.0 Å². The van der Waals surface area contributed by atoms with Crippen molar-refractivity contribution in [2.45, 2.75) is 49.1 Å². The number of sulfonamides is 1. The molecule has 19 heavy (non-hydrogen) atoms. The van der Waals surface area contributed by atoms with Gasteiger partial charge in [0.2, 0.25) is 10.0 Å². The first-order chi connectivity index (χ1) is 8.97. The summed E-state index contributed by atoms with van der Waals surface area (Å²) >= 11 is 0. The lowest BCUT2D eigenvalue weighted by atomic mass is 10.0. The minimum absolute atomic E-state index is 0.0169. The normalized spacial score (nSPS) is 24.7. The zero-order chi connectivity index (χ0) is 13.9. The topological polar surface area (TPSA) is 111 Å². The van der Waals surface area contributed by atoms with Crippen LogP contribution >= 0.6 is 0 Å². The number of anilines is 1. The molecule has 7 heteroatoms. The first-order valence-electron chi connectivity index (χ1n) is 6.48. The van der Waals surface area contributed by atoms with Crippen LogP contribution in [0.1, 0.15) is 32.1 Å². The fourth-order valence-electron chi connectivity index (χ4n) is 2.34. The molecule has 0 aliphatic heterocycles. The van der Waals surface area contributed by atoms with Gasteiger partial charge in [0.25, 0.3) is 0 Å². The van der Waals surface area contributed by atoms with Gasteiger partial charge in [-0.1, -0.05) is 19.3 Å². The number of aromatic nitrogens is 1. The Morgan fingerprint density at radius 2 is 1.95 bits per heavy atom. The molecule has 2 rings (SSSR count). The van der Waals surface area contributed by atoms with Gasteiger partial charge in [-0.25, -0.2) is 18.5 Å². The van der Waals surface area contributed by atoms with Crippen molar-refractivity contribution in [2.75, 3.05) is 5.32 Å². The van der Waals surface area contributed by atoms with E-state index in [9.17, 15) is 8.42 Å². The molecule has 6 nitrogen and oxygen atoms in total. The third-order valence-electron chi connectivity index (χ3n) is 3.47. The SMILES string of the molecule is NC1CCCCCC1Nc1ccc(S(N)(=O)=O)cn1. The number of nitrogens with two attached hydrogens (primary N) is 2. The van der Waals surface area contributed by atoms with Gasteiger partial charge >= 0.3 is 0 Å². The molecule has 1 aromatic rings. The van der Waals surface area contributed by atoms with Gasteiger partial charge in [0.05, 0.1) is 0 Å². The van der Waals surface area contributed by atoms with Crippen molar-refractivity contribution in [1.29, 1.82) is 0 Å². The van der Waals surface area contributed by atoms with E-state index in [0.717, 1.165) is 25.7 Å². The van der Waals surface area contributed by atoms with E-state index >= 15 is 0 Å². The Labute approximate surface area is 113 Å². The Balaban J connectivity index is 2.06. The number of primary sulfonamides is 1. The maximum absolute atomic E-state index is 11.1. The van der Waals surface area contributed by atoms with E-state index in [0.29, 0.717) is 5.82 Å². The van der Waals surface area contributed by atoms with Crippen LogP contribution in [0.4, 0.5) is 5.82 Å². The summed E-state index contributed by atoms with van der Waals surface area (Å²) in [6.45, 7) is 0. The third kappa shape index (κ3) is 3.89. The predicted octanol–water partition coefficient (Wildman–Crippen LogP) is 0.801. The molecule has 2 atom stereocenters. The van der Waals surface area contributed by atoms with Gasteiger partial charge in [-0.05, 0) is 25.0 Å². The zero-order valence-electron chi connectivity index (χ0n) is 10.7. The van der Waals surface area contributed by atoms with E-state index in [-0.39, 0.29) is 17.0 Å². The maximum Gasteiger partial charge on any atom is 0.239 e. The van der Waals surface area contributed by atoms with Crippen LogP contribution in [-0.4, -0.2) is 25.5 Å². The van der Waals surface area contributed by atoms with Gasteiger partial charge in [0.15, 0.2) is 0 Å². The van der Waals surface area contributed by atoms with Crippen molar-refractivity contribution in [1.82, 2.24) is 4.98 Å². The second-order valence-corrected chi connectivity index (χ2v) is 6.54. The molecule has 1 aliphatic rings. The summed E-state index contributed by atoms with van der Waals surface area (Å²) in [7, 11) is -3.68. The van der Waals surface area contributed by atoms with Crippen molar-refractivity contribution >= 4 is 15.8 Å². The van der Waals surface area contributed by atoms with E-state index in [1.807, 2.05) is 0 Å². The largest absolute Gasteiger partial charge is 0.366 e. The number of rotatable bonds is 3. The number of pyridine rings is 1. The Hall–Kier alpha value is -1.18. The molecule has 1 aromatic heterocycles. The Kier molecular flexibility index (Phi) is 4.38. The molecule has 1 aliphatic carbocycles. The van der Waals surface area contributed by atoms with Crippen molar-refractivity contribution in [3.63, 3.8) is 0 Å². The predicted molar refractivity (Wildman–Crippen MR) is 74.1 cm³/mol. The average Bonchev–Trinajstić information content (AvgIpc) is 2.55. The lowest BCUT2D eigenvalue weighted by Gasteiger charge is -2.23. The molecular weight excluding hydrogens is 264 g/mol. The Morgan fingerprint density at radius 3 is 2.58 bits per heavy atom. The van der Waals surface area contributed by atoms with Crippen LogP contribution < -0.4 is 16.2 Å². The number of hydrogen-bond acceptors (Lipinski definition) is 5. The molecule has 0 bridgehead atoms. The Bertz CT molecular complexity index is 515. The van der Waals surface area contributed by atoms with Gasteiger partial charge in [-0.15, -0.1) is 0 Å². The molecule has 1 heterocycles. The van der Waals surface area contributed by atoms with Crippen molar-refractivity contribution in [3.05, 3.63) is 18.3 Å². The summed E-state index contributed by atoms with van der Waals surface area (Å²) in [6.07, 6.45) is 6.81. The smallest absolute Gasteiger partial charge is 0.239 e. The molecule has 106 valence electrons. The van der Waals surface area contributed by atoms with Crippen LogP contribution in [0.15, 0.2) is 23.2 Å². The molecular formula is C12H20N4O2S. The lowest BCUT2D eigenvalue weighted by molar-refractivity contribution is 0.527. The third-order valence-corrected chi connectivity index (χ3v) is 4.37. The Morgan fingerprint density at radius 1 is 1.21 bits per heavy atom. The van der Waals surface area contributed by atoms with Crippen LogP contribution in [0.25, 0.3) is 0 Å². The van der Waals surface area contributed by atoms with Gasteiger partial charge in [0, 0.05) is 18.3 Å². The van der Waals surface area contributed by atoms with Crippen molar-refractivity contribution in [3.8, 4) is 0 Å². The lowest BCUT2D eigenvalue weighted by Crippen LogP contribution is -2.39. The van der Waals surface area contributed by atoms with Gasteiger partial charge in [0.1, 0.15) is 10.7 Å². The van der Waals surface area contributed by atoms with Gasteiger partial charge in [-0.3, -0.25) is 0 Å². The summed E-state index contributed by atoms with van der Waals surface area (Å²) in [5.74, 6) is 0.634. The fraction of sp³-hybridized carbons (Fsp3) is 0.583. The van der Waals surface area contributed by atoms with Gasteiger partial charge < -0.3 is 11.1 Å². The first-order valence-corrected chi connectivity index (χ1v) is 8.02. The van der Waals surface area contributed by atoms with E-state index < -0.39 is 10.0 Å². The summed E-state index contributed by atoms with van der Waals surface area (Å²) in [5.41, 5.74) is 6.12. The quantitative estimate of drug-likeness (QED) is 0.711. The summed E-state index contributed by atoms with van der Waals surface area (Å²) < 4.78 is 22.3. The highest BCUT2D eigenvalue weighted by molar-refractivity contribution is 7.89. The maximum atomic E-state index is 11.1. The van der Waals surface area contributed by atoms with E-state index in [1.165, 1.54) is 18.7 Å². The van der Waals surface area contributed by atoms with Crippen molar-refractivity contribution in [2.24, 2.45) is 10.9 Å². The molecule has 0 saturated heterocycles. The monoisotopic (exact) mass is 284 g/mol. The molecule has 2 unspecified atom stereocenters. The number of nitrogens with zero attached hydrogens (tertiary/aromatic N) is 1. The number of hydrogen-bond donors (Lipinski definition) is 3. The molecule has 0 spiro atoms. The first kappa shape index (κ1) is 14.2. The van der Waals surface area contributed by atoms with Crippen LogP contribution in [0.5, 0.6) is 0 Å². The molecule has 0 radical (unpaired) electrons. The second kappa shape index (κ2) is 5.85. The summed E-state index contributed by atoms with van der Waals surface area (Å²) in [6, 6.07) is 3.38. The molecule has 1 saturated carbocycles. The van der Waals surface area contributed by atoms with E-state index in [4.69, 9.17) is 10.9 Å². The average molecular weight is 284 g/mol. The van der Waals surface area contributed by atoms with E-state index in [2.05, 4.69) is 10.3 Å². The molecule has 0 aromatic carbocycles. The fourth-order valence-corrected chi connectivity index (χ4v) is 2.80. The second-order valence-electron chi connectivity index (χ2n) is 4.98. The minimum Gasteiger partial charge on any atom is -0.366 e. The highest BCUT2D eigenvalue weighted by Gasteiger charge is 2.20. The highest BCUT2D eigenvalue weighted by Crippen LogP contribution is 2.20. The minimum atomic E-state index is -3.68. The van der Waals surface area contributed by atoms with Crippen molar-refractivity contribution < 1.29 is 8.42 Å². The number of nitrogens with one attached hydrogen (secondary N) is 1. The van der Waals surface area contributed by atoms with Crippen LogP contribution in [0.2, 0.25) is 0 Å². The summed E-state index contributed by atoms with van der Waals surface area (Å²) in [4.78, 5) is 4.10. The summed E-state index contributed by atoms with van der Waals surface area (Å²) in [5, 5.41) is 8.30. The molecule has 1 fully saturated rings. The van der Waals surface area contributed by atoms with Crippen LogP contribution in [0.3, 0.4) is 0 Å². The molecule has 5 N–H and O–H groups in total. The van der Waals surface area contributed by atoms with Gasteiger partial charge in [-0.2, -0.15) is 0 Å². The van der Waals surface area contributed by atoms with E-state index in [1.54, 1.807) is 6.07 Å². The standard InChI is InChI=1S/C12H20N4O2S/c13-10-4-2-1-3-5-11(10)16-12-7-6-9(8-15-12)19(14,17)18/h6-8,10-11H,1-5,13H2,(H,15,16)(H2,14,17,18). The molecule has 0 amide bonds. The highest BCUT2D eigenvalue weighted by atomic mass is 32.2. The zero-order valence-corrected chi connectivity index (χ0v) is 11.6.